The van der Waals surface area contributed by atoms with Gasteiger partial charge in [0.15, 0.2) is 9.39 Å². The second-order valence-corrected chi connectivity index (χ2v) is 6.83. The molecule has 0 aliphatic carbocycles. The third-order valence-electron chi connectivity index (χ3n) is 0. The van der Waals surface area contributed by atoms with Crippen molar-refractivity contribution in [1.82, 2.24) is 0 Å². The van der Waals surface area contributed by atoms with Crippen molar-refractivity contribution in [3.8, 4) is 0 Å². The normalized spacial score (nSPS) is 12.0. The van der Waals surface area contributed by atoms with Gasteiger partial charge in [0.2, 0.25) is 9.57 Å². The Morgan fingerprint density at radius 2 is 1.20 bits per heavy atom. The Morgan fingerprint density at radius 3 is 1.20 bits per heavy atom. The molecule has 10 heteroatoms. The summed E-state index contributed by atoms with van der Waals surface area (Å²) in [5.74, 6) is 0. The van der Waals surface area contributed by atoms with E-state index in [2.05, 4.69) is 0 Å². The van der Waals surface area contributed by atoms with Gasteiger partial charge in [-0.2, -0.15) is 0 Å². The van der Waals surface area contributed by atoms with E-state index >= 15 is 0 Å². The van der Waals surface area contributed by atoms with E-state index in [0.29, 0.717) is 0 Å². The molecule has 4 N–H and O–H groups in total. The standard InChI is InChI=1S/H3O4P.H4O3SSi/c1-5(2,3)4;1-4(2,3)5/h(H3,1,2,3,4);5H3,(H,1,2,3). The Bertz CT molecular complexity index is 191. The fourth-order valence-electron chi connectivity index (χ4n) is 0. The van der Waals surface area contributed by atoms with Crippen molar-refractivity contribution >= 4 is 26.8 Å². The summed E-state index contributed by atoms with van der Waals surface area (Å²) in [6.07, 6.45) is 0. The van der Waals surface area contributed by atoms with Gasteiger partial charge in [-0.1, -0.05) is 0 Å². The van der Waals surface area contributed by atoms with Crippen LogP contribution >= 0.6 is 7.82 Å². The number of hydrogen-bond acceptors (Lipinski definition) is 3. The van der Waals surface area contributed by atoms with Crippen LogP contribution in [-0.4, -0.2) is 37.0 Å². The summed E-state index contributed by atoms with van der Waals surface area (Å²) in [5, 5.41) is 0. The predicted octanol–water partition coefficient (Wildman–Crippen LogP) is -2.77. The smallest absolute Gasteiger partial charge is 0.303 e. The van der Waals surface area contributed by atoms with Crippen molar-refractivity contribution in [2.45, 2.75) is 0 Å². The fraction of sp³-hybridized carbons (Fsp3) is 0. The van der Waals surface area contributed by atoms with E-state index in [1.807, 2.05) is 0 Å². The van der Waals surface area contributed by atoms with Crippen LogP contribution in [-0.2, 0) is 14.1 Å². The molecule has 0 spiro atoms. The van der Waals surface area contributed by atoms with Crippen molar-refractivity contribution in [3.63, 3.8) is 0 Å². The highest BCUT2D eigenvalue weighted by molar-refractivity contribution is 8.07. The Balaban J connectivity index is 0. The Kier molecular flexibility index (Phi) is 5.39. The summed E-state index contributed by atoms with van der Waals surface area (Å²) in [6.45, 7) is 0. The minimum absolute atomic E-state index is 0.164. The van der Waals surface area contributed by atoms with Crippen LogP contribution in [0, 0.1) is 0 Å². The molecule has 0 bridgehead atoms. The summed E-state index contributed by atoms with van der Waals surface area (Å²) in [5.41, 5.74) is 0. The highest BCUT2D eigenvalue weighted by Gasteiger charge is 2.00. The lowest BCUT2D eigenvalue weighted by molar-refractivity contribution is 0.275. The molecule has 0 aliphatic heterocycles. The van der Waals surface area contributed by atoms with Crippen LogP contribution in [0.4, 0.5) is 0 Å². The van der Waals surface area contributed by atoms with Crippen molar-refractivity contribution < 1.29 is 32.2 Å². The molecule has 0 aromatic rings. The van der Waals surface area contributed by atoms with Gasteiger partial charge in [-0.15, -0.1) is 0 Å². The van der Waals surface area contributed by atoms with Gasteiger partial charge < -0.3 is 14.7 Å². The number of rotatable bonds is 0. The van der Waals surface area contributed by atoms with Crippen LogP contribution in [0.1, 0.15) is 0 Å². The van der Waals surface area contributed by atoms with Crippen molar-refractivity contribution in [3.05, 3.63) is 0 Å². The average molecular weight is 210 g/mol. The Hall–Kier alpha value is 0.237. The summed E-state index contributed by atoms with van der Waals surface area (Å²) < 4.78 is 34.9. The van der Waals surface area contributed by atoms with Crippen LogP contribution in [0.5, 0.6) is 0 Å². The van der Waals surface area contributed by atoms with Crippen LogP contribution in [0.2, 0.25) is 0 Å². The zero-order valence-electron chi connectivity index (χ0n) is 4.87. The SMILES string of the molecule is O=P(O)(O)O.O=S(=O)(O)[SiH3]. The number of hydrogen-bond donors (Lipinski definition) is 4. The molecule has 0 saturated carbocycles. The largest absolute Gasteiger partial charge is 0.466 e. The van der Waals surface area contributed by atoms with Crippen LogP contribution in [0.25, 0.3) is 0 Å². The highest BCUT2D eigenvalue weighted by atomic mass is 32.4. The lowest BCUT2D eigenvalue weighted by Crippen LogP contribution is -1.91. The van der Waals surface area contributed by atoms with Gasteiger partial charge in [-0.05, 0) is 0 Å². The number of phosphoric acid groups is 1. The lowest BCUT2D eigenvalue weighted by Gasteiger charge is -1.82. The summed E-state index contributed by atoms with van der Waals surface area (Å²) in [4.78, 5) is 21.6. The van der Waals surface area contributed by atoms with Gasteiger partial charge in [-0.25, -0.2) is 13.0 Å². The van der Waals surface area contributed by atoms with Gasteiger partial charge in [-0.3, -0.25) is 4.55 Å². The minimum atomic E-state index is -4.64. The molecule has 0 rings (SSSR count). The van der Waals surface area contributed by atoms with Gasteiger partial charge in [0, 0.05) is 0 Å². The molecule has 0 fully saturated rings. The highest BCUT2D eigenvalue weighted by Crippen LogP contribution is 2.25. The molecule has 0 heterocycles. The Morgan fingerprint density at radius 1 is 1.20 bits per heavy atom. The first-order chi connectivity index (χ1) is 4.00. The molecule has 0 radical (unpaired) electrons. The molecule has 0 atom stereocenters. The van der Waals surface area contributed by atoms with E-state index in [-0.39, 0.29) is 9.39 Å². The molecule has 7 nitrogen and oxygen atoms in total. The zero-order chi connectivity index (χ0) is 9.00. The summed E-state index contributed by atoms with van der Waals surface area (Å²) in [7, 11) is -8.33. The fourth-order valence-corrected chi connectivity index (χ4v) is 0. The zero-order valence-corrected chi connectivity index (χ0v) is 8.58. The Labute approximate surface area is 59.8 Å². The molecule has 0 aromatic carbocycles. The van der Waals surface area contributed by atoms with Gasteiger partial charge in [0.25, 0.3) is 0 Å². The molecule has 0 unspecified atom stereocenters. The molecule has 10 heavy (non-hydrogen) atoms. The van der Waals surface area contributed by atoms with E-state index in [9.17, 15) is 8.42 Å². The predicted molar refractivity (Wildman–Crippen MR) is 35.8 cm³/mol. The lowest BCUT2D eigenvalue weighted by atomic mass is 15.8. The van der Waals surface area contributed by atoms with Crippen LogP contribution in [0.15, 0.2) is 0 Å². The monoisotopic (exact) mass is 210 g/mol. The van der Waals surface area contributed by atoms with Crippen molar-refractivity contribution in [1.29, 1.82) is 0 Å². The van der Waals surface area contributed by atoms with Crippen molar-refractivity contribution in [2.75, 3.05) is 0 Å². The first-order valence-corrected chi connectivity index (χ1v) is 7.57. The third kappa shape index (κ3) is 7690. The molecule has 0 saturated heterocycles. The van der Waals surface area contributed by atoms with E-state index < -0.39 is 17.4 Å². The minimum Gasteiger partial charge on any atom is -0.303 e. The maximum atomic E-state index is 9.25. The molecule has 0 aromatic heterocycles. The van der Waals surface area contributed by atoms with E-state index in [1.165, 1.54) is 0 Å². The van der Waals surface area contributed by atoms with Gasteiger partial charge >= 0.3 is 7.82 Å². The molecular weight excluding hydrogens is 203 g/mol. The summed E-state index contributed by atoms with van der Waals surface area (Å²) >= 11 is 0. The maximum Gasteiger partial charge on any atom is 0.466 e. The maximum absolute atomic E-state index is 9.25. The molecule has 0 amide bonds. The third-order valence-corrected chi connectivity index (χ3v) is 0. The second kappa shape index (κ2) is 4.19. The first-order valence-electron chi connectivity index (χ1n) is 1.71. The first kappa shape index (κ1) is 12.9. The molecular formula is H7O7PSSi. The van der Waals surface area contributed by atoms with Crippen molar-refractivity contribution in [2.24, 2.45) is 0 Å². The van der Waals surface area contributed by atoms with E-state index in [1.54, 1.807) is 0 Å². The average Bonchev–Trinajstić information content (AvgIpc) is 1.12. The van der Waals surface area contributed by atoms with Crippen LogP contribution in [0.3, 0.4) is 0 Å². The topological polar surface area (TPSA) is 132 Å². The van der Waals surface area contributed by atoms with Gasteiger partial charge in [0.1, 0.15) is 0 Å². The summed E-state index contributed by atoms with van der Waals surface area (Å²) in [6, 6.07) is 0. The van der Waals surface area contributed by atoms with Crippen LogP contribution < -0.4 is 0 Å². The quantitative estimate of drug-likeness (QED) is 0.193. The van der Waals surface area contributed by atoms with Gasteiger partial charge in [0.05, 0.1) is 0 Å². The molecule has 64 valence electrons. The van der Waals surface area contributed by atoms with E-state index in [4.69, 9.17) is 23.8 Å². The molecule has 0 aliphatic rings. The van der Waals surface area contributed by atoms with E-state index in [0.717, 1.165) is 0 Å². The second-order valence-electron chi connectivity index (χ2n) is 1.25.